The fourth-order valence-corrected chi connectivity index (χ4v) is 22.8. The Morgan fingerprint density at radius 2 is 1.03 bits per heavy atom. The van der Waals surface area contributed by atoms with Crippen molar-refractivity contribution < 1.29 is 38.9 Å². The first-order valence-corrected chi connectivity index (χ1v) is 26.8. The van der Waals surface area contributed by atoms with E-state index in [1.165, 1.54) is 38.5 Å². The average Bonchev–Trinajstić information content (AvgIpc) is 3.84. The molecule has 0 aromatic heterocycles. The van der Waals surface area contributed by atoms with Crippen LogP contribution in [-0.2, 0) is 28.7 Å². The molecule has 10 saturated carbocycles. The third kappa shape index (κ3) is 5.59. The molecule has 2 heterocycles. The van der Waals surface area contributed by atoms with Gasteiger partial charge < -0.3 is 19.7 Å². The van der Waals surface area contributed by atoms with Crippen LogP contribution in [-0.4, -0.2) is 88.4 Å². The van der Waals surface area contributed by atoms with E-state index in [1.54, 1.807) is 0 Å². The molecule has 0 aromatic rings. The van der Waals surface area contributed by atoms with Crippen LogP contribution in [0.15, 0.2) is 0 Å². The van der Waals surface area contributed by atoms with E-state index in [0.29, 0.717) is 81.9 Å². The van der Waals surface area contributed by atoms with Gasteiger partial charge in [-0.25, -0.2) is 0 Å². The average molecular weight is 1020 g/mol. The summed E-state index contributed by atoms with van der Waals surface area (Å²) in [5, 5.41) is 22.4. The molecular formula is C57H89InO8. The number of hydrogen-bond donors (Lipinski definition) is 2. The van der Waals surface area contributed by atoms with Crippen molar-refractivity contribution in [3.8, 4) is 0 Å². The number of fused-ring (bicyclic) bond motifs is 4. The summed E-state index contributed by atoms with van der Waals surface area (Å²) in [6, 6.07) is 0. The van der Waals surface area contributed by atoms with Crippen LogP contribution in [0.5, 0.6) is 0 Å². The molecule has 2 aliphatic heterocycles. The molecule has 10 aliphatic carbocycles. The summed E-state index contributed by atoms with van der Waals surface area (Å²) in [4.78, 5) is 51.3. The number of cyclic esters (lactones) is 1. The standard InChI is InChI=1S/C30H48O4.C27H38O4.In.3H/c1-24(2)19-8-9-20-27(6)16-18(31)23(28(7)12-11-22(34-28)25(3,4)33)26(27,5)14-15-30(20)17-29(19,30)13-10-21(24)32;1-22(2)17-6-7-18-24(4)14-16(28)21(25(5)10-9-20(30)31-25)23(24,3)12-13-27(18)15-26(17,27)11-8-19(22)29;;;;/h18-20,22-23,31,33H,8-17H2,1-7H3;17-18,21H,6-15H2,1-5H3;;;;/t18-,19?,20?,22+,23?,26+,27-,28-,29+,30-;17?,18?,21?,23-,24+,25+,26-,27+;;;;/m01..../s1. The second-order valence-corrected chi connectivity index (χ2v) is 29.0. The zero-order valence-electron chi connectivity index (χ0n) is 42.6. The van der Waals surface area contributed by atoms with Crippen LogP contribution < -0.4 is 0 Å². The van der Waals surface area contributed by atoms with Crippen LogP contribution in [0.4, 0.5) is 0 Å². The summed E-state index contributed by atoms with van der Waals surface area (Å²) in [5.41, 5.74) is -0.902. The second-order valence-electron chi connectivity index (χ2n) is 29.0. The third-order valence-corrected chi connectivity index (χ3v) is 26.0. The van der Waals surface area contributed by atoms with Crippen molar-refractivity contribution in [1.82, 2.24) is 0 Å². The van der Waals surface area contributed by atoms with Gasteiger partial charge in [0.1, 0.15) is 23.0 Å². The minimum absolute atomic E-state index is 0. The molecule has 9 heteroatoms. The first-order chi connectivity index (χ1) is 29.9. The minimum atomic E-state index is -0.855. The molecule has 66 heavy (non-hydrogen) atoms. The molecule has 0 radical (unpaired) electrons. The number of ether oxygens (including phenoxy) is 2. The molecule has 0 bridgehead atoms. The van der Waals surface area contributed by atoms with Crippen LogP contribution in [0.3, 0.4) is 0 Å². The number of carbonyl (C=O) groups is 4. The van der Waals surface area contributed by atoms with Crippen LogP contribution >= 0.6 is 0 Å². The van der Waals surface area contributed by atoms with E-state index in [0.717, 1.165) is 70.6 Å². The summed E-state index contributed by atoms with van der Waals surface area (Å²) in [7, 11) is 0. The molecule has 18 atom stereocenters. The van der Waals surface area contributed by atoms with E-state index in [4.69, 9.17) is 9.47 Å². The Kier molecular flexibility index (Phi) is 10.4. The Balaban J connectivity index is 0.000000153. The summed E-state index contributed by atoms with van der Waals surface area (Å²) in [5.74, 6) is 3.29. The van der Waals surface area contributed by atoms with Gasteiger partial charge in [-0.3, -0.25) is 19.2 Å². The molecule has 12 aliphatic rings. The number of aliphatic hydroxyl groups is 2. The Morgan fingerprint density at radius 3 is 1.52 bits per heavy atom. The molecule has 0 aromatic carbocycles. The van der Waals surface area contributed by atoms with Gasteiger partial charge >= 0.3 is 31.8 Å². The van der Waals surface area contributed by atoms with Crippen molar-refractivity contribution >= 4 is 49.2 Å². The van der Waals surface area contributed by atoms with Gasteiger partial charge in [-0.1, -0.05) is 55.4 Å². The normalized spacial score (nSPS) is 56.6. The molecule has 6 unspecified atom stereocenters. The summed E-state index contributed by atoms with van der Waals surface area (Å²) in [6.07, 6.45) is 19.4. The van der Waals surface area contributed by atoms with Crippen LogP contribution in [0.2, 0.25) is 0 Å². The molecule has 2 saturated heterocycles. The number of Topliss-reactive ketones (excluding diaryl/α,β-unsaturated/α-hetero) is 3. The first kappa shape index (κ1) is 48.8. The summed E-state index contributed by atoms with van der Waals surface area (Å²) in [6.45, 7) is 26.6. The monoisotopic (exact) mass is 1020 g/mol. The van der Waals surface area contributed by atoms with E-state index >= 15 is 0 Å². The maximum atomic E-state index is 13.6. The Hall–Kier alpha value is -0.770. The van der Waals surface area contributed by atoms with Crippen molar-refractivity contribution in [3.63, 3.8) is 0 Å². The molecule has 4 spiro atoms. The van der Waals surface area contributed by atoms with Crippen LogP contribution in [0, 0.1) is 89.7 Å². The Morgan fingerprint density at radius 1 is 0.545 bits per heavy atom. The van der Waals surface area contributed by atoms with Gasteiger partial charge in [0.25, 0.3) is 0 Å². The molecule has 2 N–H and O–H groups in total. The van der Waals surface area contributed by atoms with Crippen molar-refractivity contribution in [2.45, 2.75) is 241 Å². The molecule has 368 valence electrons. The molecule has 12 rings (SSSR count). The van der Waals surface area contributed by atoms with Gasteiger partial charge in [-0.05, 0) is 197 Å². The van der Waals surface area contributed by atoms with Gasteiger partial charge in [-0.2, -0.15) is 0 Å². The van der Waals surface area contributed by atoms with Gasteiger partial charge in [0, 0.05) is 42.4 Å². The van der Waals surface area contributed by atoms with E-state index in [2.05, 4.69) is 62.3 Å². The van der Waals surface area contributed by atoms with Crippen molar-refractivity contribution in [2.24, 2.45) is 89.7 Å². The topological polar surface area (TPSA) is 127 Å². The molecule has 8 nitrogen and oxygen atoms in total. The number of hydrogen-bond acceptors (Lipinski definition) is 8. The van der Waals surface area contributed by atoms with Crippen molar-refractivity contribution in [1.29, 1.82) is 0 Å². The van der Waals surface area contributed by atoms with Crippen molar-refractivity contribution in [3.05, 3.63) is 0 Å². The predicted molar refractivity (Wildman–Crippen MR) is 258 cm³/mol. The zero-order chi connectivity index (χ0) is 47.0. The fraction of sp³-hybridized carbons (Fsp3) is 0.930. The number of ketones is 3. The van der Waals surface area contributed by atoms with Gasteiger partial charge in [-0.15, -0.1) is 0 Å². The quantitative estimate of drug-likeness (QED) is 0.268. The Bertz CT molecular complexity index is 2140. The van der Waals surface area contributed by atoms with E-state index in [-0.39, 0.29) is 88.3 Å². The predicted octanol–water partition coefficient (Wildman–Crippen LogP) is 9.76. The summed E-state index contributed by atoms with van der Waals surface area (Å²) < 4.78 is 12.5. The van der Waals surface area contributed by atoms with Crippen LogP contribution in [0.1, 0.15) is 212 Å². The number of esters is 1. The van der Waals surface area contributed by atoms with E-state index < -0.39 is 16.8 Å². The third-order valence-electron chi connectivity index (χ3n) is 26.0. The van der Waals surface area contributed by atoms with Crippen molar-refractivity contribution in [2.75, 3.05) is 0 Å². The summed E-state index contributed by atoms with van der Waals surface area (Å²) >= 11 is 0. The number of aliphatic hydroxyl groups excluding tert-OH is 1. The number of carbonyl (C=O) groups excluding carboxylic acids is 4. The van der Waals surface area contributed by atoms with Gasteiger partial charge in [0.05, 0.1) is 29.3 Å². The van der Waals surface area contributed by atoms with Gasteiger partial charge in [0.2, 0.25) is 0 Å². The first-order valence-electron chi connectivity index (χ1n) is 26.8. The SMILES string of the molecule is CC1(C)C(=O)CC[C@]23C[C@]24CC[C@]2(C)C([C@]5(C)CCC(=O)O5)C(=O)C[C@@]2(C)C4CCC13.CC1(C)C(=O)CC[C@]23C[C@]24CC[C@]2(C)C([C@]5(C)CC[C@H](C(C)(C)O)O5)[C@@H](O)C[C@@]2(C)C4CCC13.[InH3]. The van der Waals surface area contributed by atoms with E-state index in [9.17, 15) is 29.4 Å². The van der Waals surface area contributed by atoms with Gasteiger partial charge in [0.15, 0.2) is 0 Å². The number of rotatable bonds is 3. The fourth-order valence-electron chi connectivity index (χ4n) is 22.8. The molecule has 12 fully saturated rings. The molecular weight excluding hydrogens is 927 g/mol. The zero-order valence-corrected chi connectivity index (χ0v) is 42.6. The van der Waals surface area contributed by atoms with Crippen LogP contribution in [0.25, 0.3) is 0 Å². The molecule has 0 amide bonds. The maximum absolute atomic E-state index is 13.6. The van der Waals surface area contributed by atoms with E-state index in [1.807, 2.05) is 20.8 Å². The Labute approximate surface area is 415 Å². The second kappa shape index (κ2) is 14.0.